The van der Waals surface area contributed by atoms with Crippen molar-refractivity contribution in [2.75, 3.05) is 11.9 Å². The molecule has 3 nitrogen and oxygen atoms in total. The second-order valence-electron chi connectivity index (χ2n) is 3.76. The first-order valence-corrected chi connectivity index (χ1v) is 6.32. The van der Waals surface area contributed by atoms with Gasteiger partial charge in [-0.3, -0.25) is 4.98 Å². The van der Waals surface area contributed by atoms with E-state index < -0.39 is 0 Å². The molecule has 2 aromatic rings. The van der Waals surface area contributed by atoms with Gasteiger partial charge in [-0.15, -0.1) is 0 Å². The van der Waals surface area contributed by atoms with Crippen molar-refractivity contribution in [2.24, 2.45) is 0 Å². The van der Waals surface area contributed by atoms with Gasteiger partial charge in [-0.2, -0.15) is 0 Å². The van der Waals surface area contributed by atoms with Crippen molar-refractivity contribution in [3.8, 4) is 0 Å². The molecule has 0 aromatic carbocycles. The molecule has 1 N–H and O–H groups in total. The number of hydrogen-bond donors (Lipinski definition) is 1. The van der Waals surface area contributed by atoms with Gasteiger partial charge in [0, 0.05) is 29.3 Å². The fourth-order valence-electron chi connectivity index (χ4n) is 1.51. The maximum atomic E-state index is 4.43. The first-order valence-electron chi connectivity index (χ1n) is 5.52. The van der Waals surface area contributed by atoms with Gasteiger partial charge in [0.2, 0.25) is 0 Å². The highest BCUT2D eigenvalue weighted by molar-refractivity contribution is 9.10. The molecule has 0 aliphatic carbocycles. The van der Waals surface area contributed by atoms with E-state index in [0.717, 1.165) is 34.6 Å². The quantitative estimate of drug-likeness (QED) is 0.940. The maximum Gasteiger partial charge on any atom is 0.126 e. The molecule has 0 fully saturated rings. The van der Waals surface area contributed by atoms with Crippen LogP contribution in [0.2, 0.25) is 0 Å². The second kappa shape index (κ2) is 5.77. The van der Waals surface area contributed by atoms with Crippen molar-refractivity contribution in [3.05, 3.63) is 52.4 Å². The Morgan fingerprint density at radius 1 is 1.24 bits per heavy atom. The summed E-state index contributed by atoms with van der Waals surface area (Å²) < 4.78 is 1.03. The van der Waals surface area contributed by atoms with Crippen LogP contribution < -0.4 is 5.32 Å². The monoisotopic (exact) mass is 291 g/mol. The summed E-state index contributed by atoms with van der Waals surface area (Å²) in [5, 5.41) is 3.29. The minimum absolute atomic E-state index is 0.838. The zero-order chi connectivity index (χ0) is 12.1. The normalized spacial score (nSPS) is 10.2. The molecule has 2 rings (SSSR count). The summed E-state index contributed by atoms with van der Waals surface area (Å²) in [6.45, 7) is 2.82. The first kappa shape index (κ1) is 12.0. The van der Waals surface area contributed by atoms with Crippen LogP contribution in [0.4, 0.5) is 5.82 Å². The van der Waals surface area contributed by atoms with E-state index in [9.17, 15) is 0 Å². The number of halogens is 1. The highest BCUT2D eigenvalue weighted by atomic mass is 79.9. The van der Waals surface area contributed by atoms with E-state index in [4.69, 9.17) is 0 Å². The first-order chi connectivity index (χ1) is 8.25. The summed E-state index contributed by atoms with van der Waals surface area (Å²) >= 11 is 3.43. The highest BCUT2D eigenvalue weighted by Crippen LogP contribution is 2.15. The van der Waals surface area contributed by atoms with Crippen LogP contribution in [-0.4, -0.2) is 16.5 Å². The number of aryl methyl sites for hydroxylation is 1. The standard InChI is InChI=1S/C13H14BrN3/c1-10-12(14)5-6-13(17-10)16-9-7-11-4-2-3-8-15-11/h2-6,8H,7,9H2,1H3,(H,16,17). The lowest BCUT2D eigenvalue weighted by atomic mass is 10.3. The lowest BCUT2D eigenvalue weighted by molar-refractivity contribution is 0.951. The molecule has 0 saturated heterocycles. The SMILES string of the molecule is Cc1nc(NCCc2ccccn2)ccc1Br. The Bertz CT molecular complexity index is 485. The fourth-order valence-corrected chi connectivity index (χ4v) is 1.73. The largest absolute Gasteiger partial charge is 0.370 e. The molecule has 2 heterocycles. The number of nitrogens with one attached hydrogen (secondary N) is 1. The summed E-state index contributed by atoms with van der Waals surface area (Å²) in [5.74, 6) is 0.904. The van der Waals surface area contributed by atoms with E-state index in [1.165, 1.54) is 0 Å². The Morgan fingerprint density at radius 3 is 2.82 bits per heavy atom. The summed E-state index contributed by atoms with van der Waals surface area (Å²) in [5.41, 5.74) is 2.08. The number of anilines is 1. The molecular weight excluding hydrogens is 278 g/mol. The summed E-state index contributed by atoms with van der Waals surface area (Å²) in [4.78, 5) is 8.70. The predicted octanol–water partition coefficient (Wildman–Crippen LogP) is 3.20. The molecule has 17 heavy (non-hydrogen) atoms. The summed E-state index contributed by atoms with van der Waals surface area (Å²) in [7, 11) is 0. The topological polar surface area (TPSA) is 37.8 Å². The van der Waals surface area contributed by atoms with Crippen LogP contribution in [-0.2, 0) is 6.42 Å². The molecule has 0 aliphatic heterocycles. The third-order valence-electron chi connectivity index (χ3n) is 2.43. The molecular formula is C13H14BrN3. The zero-order valence-corrected chi connectivity index (χ0v) is 11.2. The van der Waals surface area contributed by atoms with Crippen molar-refractivity contribution >= 4 is 21.7 Å². The third kappa shape index (κ3) is 3.53. The van der Waals surface area contributed by atoms with E-state index in [-0.39, 0.29) is 0 Å². The smallest absolute Gasteiger partial charge is 0.126 e. The molecule has 2 aromatic heterocycles. The van der Waals surface area contributed by atoms with E-state index in [1.807, 2.05) is 43.5 Å². The zero-order valence-electron chi connectivity index (χ0n) is 9.65. The number of rotatable bonds is 4. The van der Waals surface area contributed by atoms with E-state index in [2.05, 4.69) is 31.2 Å². The Kier molecular flexibility index (Phi) is 4.09. The van der Waals surface area contributed by atoms with Gasteiger partial charge in [0.25, 0.3) is 0 Å². The molecule has 0 radical (unpaired) electrons. The Morgan fingerprint density at radius 2 is 2.12 bits per heavy atom. The van der Waals surface area contributed by atoms with Crippen LogP contribution in [0.1, 0.15) is 11.4 Å². The van der Waals surface area contributed by atoms with Gasteiger partial charge in [0.05, 0.1) is 5.69 Å². The van der Waals surface area contributed by atoms with Crippen LogP contribution in [0.15, 0.2) is 41.0 Å². The van der Waals surface area contributed by atoms with Crippen molar-refractivity contribution in [1.29, 1.82) is 0 Å². The van der Waals surface area contributed by atoms with Crippen molar-refractivity contribution in [3.63, 3.8) is 0 Å². The average Bonchev–Trinajstić information content (AvgIpc) is 2.35. The van der Waals surface area contributed by atoms with Gasteiger partial charge in [0.1, 0.15) is 5.82 Å². The van der Waals surface area contributed by atoms with Crippen molar-refractivity contribution in [2.45, 2.75) is 13.3 Å². The summed E-state index contributed by atoms with van der Waals surface area (Å²) in [6, 6.07) is 9.93. The fraction of sp³-hybridized carbons (Fsp3) is 0.231. The molecule has 0 bridgehead atoms. The number of nitrogens with zero attached hydrogens (tertiary/aromatic N) is 2. The lowest BCUT2D eigenvalue weighted by Crippen LogP contribution is -2.07. The minimum Gasteiger partial charge on any atom is -0.370 e. The molecule has 0 saturated carbocycles. The van der Waals surface area contributed by atoms with Crippen LogP contribution >= 0.6 is 15.9 Å². The van der Waals surface area contributed by atoms with Crippen LogP contribution in [0.25, 0.3) is 0 Å². The molecule has 0 atom stereocenters. The van der Waals surface area contributed by atoms with E-state index in [1.54, 1.807) is 0 Å². The summed E-state index contributed by atoms with van der Waals surface area (Å²) in [6.07, 6.45) is 2.72. The Labute approximate surface area is 109 Å². The van der Waals surface area contributed by atoms with E-state index in [0.29, 0.717) is 0 Å². The van der Waals surface area contributed by atoms with Crippen LogP contribution in [0, 0.1) is 6.92 Å². The molecule has 0 amide bonds. The van der Waals surface area contributed by atoms with Crippen LogP contribution in [0.3, 0.4) is 0 Å². The van der Waals surface area contributed by atoms with Crippen LogP contribution in [0.5, 0.6) is 0 Å². The number of pyridine rings is 2. The van der Waals surface area contributed by atoms with Crippen molar-refractivity contribution in [1.82, 2.24) is 9.97 Å². The van der Waals surface area contributed by atoms with Gasteiger partial charge in [-0.25, -0.2) is 4.98 Å². The number of hydrogen-bond acceptors (Lipinski definition) is 3. The molecule has 4 heteroatoms. The molecule has 0 unspecified atom stereocenters. The maximum absolute atomic E-state index is 4.43. The van der Waals surface area contributed by atoms with Gasteiger partial charge in [-0.05, 0) is 47.1 Å². The third-order valence-corrected chi connectivity index (χ3v) is 3.27. The molecule has 88 valence electrons. The van der Waals surface area contributed by atoms with E-state index >= 15 is 0 Å². The van der Waals surface area contributed by atoms with Gasteiger partial charge < -0.3 is 5.32 Å². The lowest BCUT2D eigenvalue weighted by Gasteiger charge is -2.06. The minimum atomic E-state index is 0.838. The second-order valence-corrected chi connectivity index (χ2v) is 4.62. The Balaban J connectivity index is 1.88. The Hall–Kier alpha value is -1.42. The average molecular weight is 292 g/mol. The highest BCUT2D eigenvalue weighted by Gasteiger charge is 1.99. The van der Waals surface area contributed by atoms with Crippen molar-refractivity contribution < 1.29 is 0 Å². The van der Waals surface area contributed by atoms with Gasteiger partial charge >= 0.3 is 0 Å². The predicted molar refractivity (Wildman–Crippen MR) is 73.1 cm³/mol. The molecule has 0 spiro atoms. The van der Waals surface area contributed by atoms with Gasteiger partial charge in [0.15, 0.2) is 0 Å². The molecule has 0 aliphatic rings. The number of aromatic nitrogens is 2. The van der Waals surface area contributed by atoms with Gasteiger partial charge in [-0.1, -0.05) is 6.07 Å².